The van der Waals surface area contributed by atoms with Crippen LogP contribution >= 0.6 is 0 Å². The predicted octanol–water partition coefficient (Wildman–Crippen LogP) is 6.52. The topological polar surface area (TPSA) is 73.3 Å². The molecule has 194 valence electrons. The molecular formula is C30H39N7. The van der Waals surface area contributed by atoms with Crippen molar-refractivity contribution in [2.45, 2.75) is 41.5 Å². The zero-order chi connectivity index (χ0) is 26.5. The number of piperazine rings is 1. The van der Waals surface area contributed by atoms with Gasteiger partial charge in [0, 0.05) is 78.8 Å². The number of nitrogens with one attached hydrogen (secondary N) is 1. The lowest BCUT2D eigenvalue weighted by molar-refractivity contribution is 0.312. The lowest BCUT2D eigenvalue weighted by atomic mass is 10.0. The number of hydrogen-bond acceptors (Lipinski definition) is 6. The van der Waals surface area contributed by atoms with E-state index in [1.807, 2.05) is 45.6 Å². The Kier molecular flexibility index (Phi) is 8.34. The number of anilines is 1. The van der Waals surface area contributed by atoms with Gasteiger partial charge < -0.3 is 14.8 Å². The summed E-state index contributed by atoms with van der Waals surface area (Å²) in [6, 6.07) is 8.57. The number of rotatable bonds is 4. The fraction of sp³-hybridized carbons (Fsp3) is 0.400. The summed E-state index contributed by atoms with van der Waals surface area (Å²) in [4.78, 5) is 26.5. The number of aromatic amines is 1. The number of hydrogen-bond donors (Lipinski definition) is 1. The molecule has 0 unspecified atom stereocenters. The molecule has 5 heterocycles. The summed E-state index contributed by atoms with van der Waals surface area (Å²) in [6.45, 7) is 16.6. The third kappa shape index (κ3) is 6.60. The van der Waals surface area contributed by atoms with Gasteiger partial charge >= 0.3 is 0 Å². The normalized spacial score (nSPS) is 14.0. The first-order valence-electron chi connectivity index (χ1n) is 13.1. The molecule has 0 saturated carbocycles. The van der Waals surface area contributed by atoms with Crippen molar-refractivity contribution in [1.29, 1.82) is 0 Å². The zero-order valence-electron chi connectivity index (χ0n) is 23.2. The average molecular weight is 498 g/mol. The fourth-order valence-electron chi connectivity index (χ4n) is 4.25. The highest BCUT2D eigenvalue weighted by atomic mass is 15.3. The van der Waals surface area contributed by atoms with E-state index in [-0.39, 0.29) is 0 Å². The van der Waals surface area contributed by atoms with Crippen molar-refractivity contribution in [3.63, 3.8) is 0 Å². The molecule has 7 heteroatoms. The molecule has 0 bridgehead atoms. The van der Waals surface area contributed by atoms with Gasteiger partial charge in [0.05, 0.1) is 0 Å². The largest absolute Gasteiger partial charge is 0.354 e. The molecule has 7 nitrogen and oxygen atoms in total. The van der Waals surface area contributed by atoms with Gasteiger partial charge in [-0.25, -0.2) is 19.9 Å². The first-order valence-corrected chi connectivity index (χ1v) is 13.1. The Morgan fingerprint density at radius 3 is 2.30 bits per heavy atom. The van der Waals surface area contributed by atoms with E-state index >= 15 is 0 Å². The highest BCUT2D eigenvalue weighted by molar-refractivity contribution is 5.96. The van der Waals surface area contributed by atoms with Crippen molar-refractivity contribution >= 4 is 28.4 Å². The first kappa shape index (κ1) is 26.5. The van der Waals surface area contributed by atoms with E-state index in [2.05, 4.69) is 81.8 Å². The van der Waals surface area contributed by atoms with E-state index in [0.717, 1.165) is 88.3 Å². The highest BCUT2D eigenvalue weighted by Crippen LogP contribution is 2.33. The summed E-state index contributed by atoms with van der Waals surface area (Å²) < 4.78 is 0. The van der Waals surface area contributed by atoms with Crippen molar-refractivity contribution in [3.8, 4) is 22.3 Å². The average Bonchev–Trinajstić information content (AvgIpc) is 3.29. The molecule has 37 heavy (non-hydrogen) atoms. The fourth-order valence-corrected chi connectivity index (χ4v) is 4.25. The predicted molar refractivity (Wildman–Crippen MR) is 156 cm³/mol. The second-order valence-electron chi connectivity index (χ2n) is 10.7. The van der Waals surface area contributed by atoms with Crippen LogP contribution in [-0.2, 0) is 0 Å². The van der Waals surface area contributed by atoms with Crippen LogP contribution in [0, 0.1) is 12.8 Å². The van der Waals surface area contributed by atoms with E-state index in [1.54, 1.807) is 0 Å². The third-order valence-corrected chi connectivity index (χ3v) is 6.13. The molecule has 0 radical (unpaired) electrons. The Labute approximate surface area is 220 Å². The molecule has 1 fully saturated rings. The Hall–Kier alpha value is -3.58. The molecule has 1 aliphatic heterocycles. The highest BCUT2D eigenvalue weighted by Gasteiger charge is 2.16. The summed E-state index contributed by atoms with van der Waals surface area (Å²) in [6.07, 6.45) is 7.72. The van der Waals surface area contributed by atoms with Gasteiger partial charge in [-0.3, -0.25) is 0 Å². The van der Waals surface area contributed by atoms with Gasteiger partial charge in [-0.2, -0.15) is 0 Å². The SMILES string of the molecule is CC(C)=Nc1ncc(-c2c[nH]c3ncc(-c4ccnc(N5CCN(C)CC5)c4)cc23)cc1C.CC(C)C. The molecule has 4 aromatic rings. The van der Waals surface area contributed by atoms with Gasteiger partial charge in [0.1, 0.15) is 11.5 Å². The van der Waals surface area contributed by atoms with Crippen LogP contribution in [0.3, 0.4) is 0 Å². The van der Waals surface area contributed by atoms with Crippen LogP contribution < -0.4 is 4.90 Å². The summed E-state index contributed by atoms with van der Waals surface area (Å²) in [5.41, 5.74) is 7.26. The van der Waals surface area contributed by atoms with Crippen molar-refractivity contribution in [1.82, 2.24) is 24.8 Å². The zero-order valence-corrected chi connectivity index (χ0v) is 23.2. The number of fused-ring (bicyclic) bond motifs is 1. The minimum absolute atomic E-state index is 0.769. The minimum Gasteiger partial charge on any atom is -0.354 e. The molecule has 1 saturated heterocycles. The standard InChI is InChI=1S/C26H29N7.C4H10/c1-17(2)31-25-18(3)11-21(15-28-25)23-16-30-26-22(23)12-20(14-29-26)19-5-6-27-24(13-19)33-9-7-32(4)8-10-33;1-4(2)3/h5-6,11-16H,7-10H2,1-4H3,(H,29,30);4H,1-3H3. The van der Waals surface area contributed by atoms with Gasteiger partial charge in [-0.15, -0.1) is 0 Å². The van der Waals surface area contributed by atoms with E-state index in [0.29, 0.717) is 0 Å². The Balaban J connectivity index is 0.000000747. The third-order valence-electron chi connectivity index (χ3n) is 6.13. The smallest absolute Gasteiger partial charge is 0.154 e. The van der Waals surface area contributed by atoms with Gasteiger partial charge in [0.15, 0.2) is 5.82 Å². The number of aromatic nitrogens is 4. The van der Waals surface area contributed by atoms with Gasteiger partial charge in [0.2, 0.25) is 0 Å². The lowest BCUT2D eigenvalue weighted by Gasteiger charge is -2.33. The first-order chi connectivity index (χ1) is 17.7. The maximum atomic E-state index is 4.70. The van der Waals surface area contributed by atoms with Crippen molar-refractivity contribution in [2.75, 3.05) is 38.1 Å². The van der Waals surface area contributed by atoms with E-state index < -0.39 is 0 Å². The minimum atomic E-state index is 0.769. The number of H-pyrrole nitrogens is 1. The maximum absolute atomic E-state index is 4.70. The molecule has 0 amide bonds. The summed E-state index contributed by atoms with van der Waals surface area (Å²) in [7, 11) is 2.17. The van der Waals surface area contributed by atoms with Gasteiger partial charge in [-0.05, 0) is 69.1 Å². The molecule has 0 aromatic carbocycles. The van der Waals surface area contributed by atoms with Crippen LogP contribution in [-0.4, -0.2) is 63.8 Å². The number of pyridine rings is 3. The van der Waals surface area contributed by atoms with Crippen molar-refractivity contribution < 1.29 is 0 Å². The van der Waals surface area contributed by atoms with E-state index in [1.165, 1.54) is 0 Å². The van der Waals surface area contributed by atoms with Crippen LogP contribution in [0.1, 0.15) is 40.2 Å². The molecule has 1 N–H and O–H groups in total. The monoisotopic (exact) mass is 497 g/mol. The Morgan fingerprint density at radius 1 is 0.919 bits per heavy atom. The van der Waals surface area contributed by atoms with Crippen LogP contribution in [0.25, 0.3) is 33.3 Å². The van der Waals surface area contributed by atoms with Crippen LogP contribution in [0.5, 0.6) is 0 Å². The summed E-state index contributed by atoms with van der Waals surface area (Å²) >= 11 is 0. The van der Waals surface area contributed by atoms with Crippen LogP contribution in [0.4, 0.5) is 11.6 Å². The molecule has 5 rings (SSSR count). The molecule has 1 aliphatic rings. The number of aliphatic imine (C=N–C) groups is 1. The Bertz CT molecular complexity index is 1370. The second-order valence-corrected chi connectivity index (χ2v) is 10.7. The quantitative estimate of drug-likeness (QED) is 0.325. The molecule has 4 aromatic heterocycles. The van der Waals surface area contributed by atoms with Crippen molar-refractivity contribution in [2.24, 2.45) is 10.9 Å². The summed E-state index contributed by atoms with van der Waals surface area (Å²) in [5.74, 6) is 2.63. The van der Waals surface area contributed by atoms with Crippen LogP contribution in [0.15, 0.2) is 54.0 Å². The number of likely N-dealkylation sites (N-methyl/N-ethyl adjacent to an activating group) is 1. The summed E-state index contributed by atoms with van der Waals surface area (Å²) in [5, 5.41) is 1.08. The van der Waals surface area contributed by atoms with Crippen LogP contribution in [0.2, 0.25) is 0 Å². The van der Waals surface area contributed by atoms with Gasteiger partial charge in [0.25, 0.3) is 0 Å². The van der Waals surface area contributed by atoms with Crippen molar-refractivity contribution in [3.05, 3.63) is 54.6 Å². The van der Waals surface area contributed by atoms with E-state index in [4.69, 9.17) is 4.98 Å². The second kappa shape index (κ2) is 11.6. The molecule has 0 spiro atoms. The molecule has 0 aliphatic carbocycles. The number of nitrogens with zero attached hydrogens (tertiary/aromatic N) is 6. The lowest BCUT2D eigenvalue weighted by Crippen LogP contribution is -2.44. The maximum Gasteiger partial charge on any atom is 0.154 e. The van der Waals surface area contributed by atoms with Gasteiger partial charge in [-0.1, -0.05) is 20.8 Å². The Morgan fingerprint density at radius 2 is 1.62 bits per heavy atom. The molecular weight excluding hydrogens is 458 g/mol. The van der Waals surface area contributed by atoms with E-state index in [9.17, 15) is 0 Å². The number of aryl methyl sites for hydroxylation is 1. The molecule has 0 atom stereocenters.